The Kier molecular flexibility index (Phi) is 13.3. The maximum absolute atomic E-state index is 13.7. The van der Waals surface area contributed by atoms with Crippen LogP contribution in [0.4, 0.5) is 0 Å². The molecule has 5 atom stereocenters. The largest absolute Gasteiger partial charge is 0.395 e. The van der Waals surface area contributed by atoms with Crippen molar-refractivity contribution in [3.63, 3.8) is 0 Å². The van der Waals surface area contributed by atoms with Crippen molar-refractivity contribution in [2.24, 2.45) is 0 Å². The molecule has 11 heteroatoms. The number of nitrogens with one attached hydrogen (secondary N) is 2. The van der Waals surface area contributed by atoms with Crippen LogP contribution in [0.1, 0.15) is 65.0 Å². The molecule has 1 amide bonds. The molecule has 0 spiro atoms. The van der Waals surface area contributed by atoms with Gasteiger partial charge >= 0.3 is 0 Å². The van der Waals surface area contributed by atoms with E-state index in [1.165, 1.54) is 12.1 Å². The summed E-state index contributed by atoms with van der Waals surface area (Å²) in [5, 5.41) is 22.6. The van der Waals surface area contributed by atoms with Crippen LogP contribution < -0.4 is 10.0 Å². The van der Waals surface area contributed by atoms with Crippen LogP contribution in [0.3, 0.4) is 0 Å². The maximum Gasteiger partial charge on any atom is 0.241 e. The molecule has 2 aliphatic rings. The molecule has 0 aliphatic carbocycles. The summed E-state index contributed by atoms with van der Waals surface area (Å²) < 4.78 is 42.7. The predicted octanol–water partition coefficient (Wildman–Crippen LogP) is 6.36. The monoisotopic (exact) mass is 789 g/mol. The third-order valence-electron chi connectivity index (χ3n) is 10.9. The molecule has 5 aromatic rings. The number of amides is 1. The fourth-order valence-corrected chi connectivity index (χ4v) is 8.88. The number of sulfonamides is 1. The van der Waals surface area contributed by atoms with Gasteiger partial charge in [0.25, 0.3) is 0 Å². The molecule has 10 nitrogen and oxygen atoms in total. The lowest BCUT2D eigenvalue weighted by molar-refractivity contribution is -0.253. The van der Waals surface area contributed by atoms with Crippen LogP contribution in [0.15, 0.2) is 132 Å². The summed E-state index contributed by atoms with van der Waals surface area (Å²) >= 11 is 0. The van der Waals surface area contributed by atoms with Gasteiger partial charge in [0, 0.05) is 31.1 Å². The van der Waals surface area contributed by atoms with E-state index >= 15 is 0 Å². The lowest BCUT2D eigenvalue weighted by Crippen LogP contribution is -2.47. The van der Waals surface area contributed by atoms with Gasteiger partial charge in [0.05, 0.1) is 30.3 Å². The van der Waals surface area contributed by atoms with Crippen molar-refractivity contribution < 1.29 is 32.9 Å². The first-order chi connectivity index (χ1) is 27.7. The van der Waals surface area contributed by atoms with Gasteiger partial charge in [-0.25, -0.2) is 8.42 Å². The van der Waals surface area contributed by atoms with Gasteiger partial charge in [-0.1, -0.05) is 109 Å². The van der Waals surface area contributed by atoms with Gasteiger partial charge in [0.15, 0.2) is 6.29 Å². The Labute approximate surface area is 335 Å². The summed E-state index contributed by atoms with van der Waals surface area (Å²) in [7, 11) is -3.97. The van der Waals surface area contributed by atoms with Crippen LogP contribution in [-0.4, -0.2) is 67.3 Å². The first-order valence-corrected chi connectivity index (χ1v) is 21.1. The van der Waals surface area contributed by atoms with Crippen LogP contribution in [-0.2, 0) is 43.9 Å². The molecule has 7 rings (SSSR count). The van der Waals surface area contributed by atoms with E-state index in [0.29, 0.717) is 13.0 Å². The van der Waals surface area contributed by atoms with Gasteiger partial charge in [-0.05, 0) is 90.4 Å². The van der Waals surface area contributed by atoms with E-state index in [1.54, 1.807) is 12.1 Å². The Balaban J connectivity index is 1.07. The second kappa shape index (κ2) is 18.7. The highest BCUT2D eigenvalue weighted by atomic mass is 32.2. The minimum absolute atomic E-state index is 0.0249. The molecule has 57 heavy (non-hydrogen) atoms. The molecule has 0 saturated carbocycles. The minimum atomic E-state index is -3.97. The van der Waals surface area contributed by atoms with Crippen LogP contribution in [0, 0.1) is 6.92 Å². The highest BCUT2D eigenvalue weighted by Gasteiger charge is 2.35. The van der Waals surface area contributed by atoms with Gasteiger partial charge in [-0.3, -0.25) is 9.69 Å². The molecular weight excluding hydrogens is 739 g/mol. The first kappa shape index (κ1) is 40.5. The number of hydrogen-bond acceptors (Lipinski definition) is 8. The quantitative estimate of drug-likeness (QED) is 0.0963. The van der Waals surface area contributed by atoms with Gasteiger partial charge in [0.2, 0.25) is 15.9 Å². The number of rotatable bonds is 15. The van der Waals surface area contributed by atoms with Crippen molar-refractivity contribution in [2.45, 2.75) is 81.2 Å². The number of ether oxygens (including phenoxy) is 2. The predicted molar refractivity (Wildman–Crippen MR) is 219 cm³/mol. The van der Waals surface area contributed by atoms with E-state index in [9.17, 15) is 23.4 Å². The lowest BCUT2D eigenvalue weighted by Gasteiger charge is -2.38. The molecule has 2 fully saturated rings. The molecule has 4 N–H and O–H groups in total. The standard InChI is InChI=1S/C46H51N3O7S/c1-32-15-21-42(22-16-32)57(53,54)48-43(25-33-8-3-2-4-9-33)45(52)47-28-35-10-5-11-37(24-35)38-12-6-13-39(26-38)46-55-41(29-49-23-7-14-40(49)31-51)27-44(56-46)36-19-17-34(30-50)18-20-36/h2-6,8-13,15-22,24,26,40-41,43-44,46,48,50-51H,7,14,23,25,27-31H2,1H3,(H,47,52)/t40-,41-,43+,44+,46+/m0/s1. The smallest absolute Gasteiger partial charge is 0.241 e. The van der Waals surface area contributed by atoms with E-state index in [2.05, 4.69) is 21.0 Å². The van der Waals surface area contributed by atoms with Crippen molar-refractivity contribution in [3.8, 4) is 11.1 Å². The van der Waals surface area contributed by atoms with Crippen molar-refractivity contribution in [2.75, 3.05) is 19.7 Å². The first-order valence-electron chi connectivity index (χ1n) is 19.6. The summed E-state index contributed by atoms with van der Waals surface area (Å²) in [5.74, 6) is -0.428. The number of aliphatic hydroxyl groups excluding tert-OH is 2. The van der Waals surface area contributed by atoms with Crippen molar-refractivity contribution in [1.29, 1.82) is 0 Å². The number of aryl methyl sites for hydroxylation is 1. The average molecular weight is 790 g/mol. The van der Waals surface area contributed by atoms with Crippen molar-refractivity contribution in [3.05, 3.63) is 161 Å². The van der Waals surface area contributed by atoms with E-state index in [4.69, 9.17) is 9.47 Å². The lowest BCUT2D eigenvalue weighted by atomic mass is 9.98. The van der Waals surface area contributed by atoms with Gasteiger partial charge < -0.3 is 25.0 Å². The molecule has 0 aromatic heterocycles. The summed E-state index contributed by atoms with van der Waals surface area (Å²) in [6.45, 7) is 3.81. The third kappa shape index (κ3) is 10.4. The highest BCUT2D eigenvalue weighted by Crippen LogP contribution is 2.39. The minimum Gasteiger partial charge on any atom is -0.395 e. The summed E-state index contributed by atoms with van der Waals surface area (Å²) in [6, 6.07) is 38.8. The van der Waals surface area contributed by atoms with Crippen LogP contribution >= 0.6 is 0 Å². The molecule has 0 radical (unpaired) electrons. The summed E-state index contributed by atoms with van der Waals surface area (Å²) in [4.78, 5) is 16.1. The zero-order chi connectivity index (χ0) is 39.8. The van der Waals surface area contributed by atoms with Gasteiger partial charge in [-0.15, -0.1) is 0 Å². The van der Waals surface area contributed by atoms with Crippen molar-refractivity contribution in [1.82, 2.24) is 14.9 Å². The molecule has 298 valence electrons. The Hall–Kier alpha value is -4.72. The topological polar surface area (TPSA) is 137 Å². The average Bonchev–Trinajstić information content (AvgIpc) is 3.70. The SMILES string of the molecule is Cc1ccc(S(=O)(=O)N[C@H](Cc2ccccc2)C(=O)NCc2cccc(-c3cccc([C@@H]4O[C@H](CN5CCC[C@H]5CO)C[C@H](c5ccc(CO)cc5)O4)c3)c2)cc1. The number of likely N-dealkylation sites (tertiary alicyclic amines) is 1. The molecule has 2 heterocycles. The zero-order valence-electron chi connectivity index (χ0n) is 32.2. The Bertz CT molecular complexity index is 2200. The van der Waals surface area contributed by atoms with Gasteiger partial charge in [-0.2, -0.15) is 4.72 Å². The van der Waals surface area contributed by atoms with E-state index in [0.717, 1.165) is 63.9 Å². The Morgan fingerprint density at radius 3 is 2.26 bits per heavy atom. The van der Waals surface area contributed by atoms with Crippen LogP contribution in [0.25, 0.3) is 11.1 Å². The number of hydrogen-bond donors (Lipinski definition) is 4. The highest BCUT2D eigenvalue weighted by molar-refractivity contribution is 7.89. The zero-order valence-corrected chi connectivity index (χ0v) is 33.0. The second-order valence-corrected chi connectivity index (χ2v) is 16.8. The van der Waals surface area contributed by atoms with Crippen molar-refractivity contribution >= 4 is 15.9 Å². The second-order valence-electron chi connectivity index (χ2n) is 15.0. The molecule has 0 unspecified atom stereocenters. The van der Waals surface area contributed by atoms with Gasteiger partial charge in [0.1, 0.15) is 6.04 Å². The molecule has 2 aliphatic heterocycles. The fourth-order valence-electron chi connectivity index (χ4n) is 7.69. The third-order valence-corrected chi connectivity index (χ3v) is 12.4. The number of aliphatic hydroxyl groups is 2. The Morgan fingerprint density at radius 1 is 0.807 bits per heavy atom. The molecular formula is C46H51N3O7S. The molecule has 5 aromatic carbocycles. The normalized spacial score (nSPS) is 20.6. The van der Waals surface area contributed by atoms with Crippen LogP contribution in [0.2, 0.25) is 0 Å². The number of carbonyl (C=O) groups excluding carboxylic acids is 1. The molecule has 0 bridgehead atoms. The fraction of sp³-hybridized carbons (Fsp3) is 0.326. The number of carbonyl (C=O) groups is 1. The Morgan fingerprint density at radius 2 is 1.53 bits per heavy atom. The molecule has 2 saturated heterocycles. The van der Waals surface area contributed by atoms with E-state index < -0.39 is 28.3 Å². The maximum atomic E-state index is 13.7. The van der Waals surface area contributed by atoms with Crippen LogP contribution in [0.5, 0.6) is 0 Å². The summed E-state index contributed by atoms with van der Waals surface area (Å²) in [6.07, 6.45) is 1.90. The van der Waals surface area contributed by atoms with E-state index in [1.807, 2.05) is 104 Å². The number of benzene rings is 5. The van der Waals surface area contributed by atoms with E-state index in [-0.39, 0.29) is 49.3 Å². The summed E-state index contributed by atoms with van der Waals surface area (Å²) in [5.41, 5.74) is 7.24. The number of nitrogens with zero attached hydrogens (tertiary/aromatic N) is 1.